The molecule has 0 atom stereocenters. The molecule has 0 bridgehead atoms. The predicted molar refractivity (Wildman–Crippen MR) is 153 cm³/mol. The van der Waals surface area contributed by atoms with Crippen LogP contribution in [0.1, 0.15) is 45.6 Å². The first kappa shape index (κ1) is 24.9. The predicted octanol–water partition coefficient (Wildman–Crippen LogP) is 6.97. The molecular weight excluding hydrogens is 486 g/mol. The standard InChI is InChI=1S/C32H33N5O2/c1-31(2,3)39-30(38)35-32(17-8-18-32)25-14-11-22(12-15-25)28-29(23-9-6-5-7-10-23)37-20-24(13-16-27(37)34-28)26-19-33-21-36(26)4/h5-7,9-16,19-21H,8,17-18H2,1-4H3,(H,35,38). The molecule has 0 radical (unpaired) electrons. The monoisotopic (exact) mass is 519 g/mol. The normalized spacial score (nSPS) is 14.7. The first-order valence-electron chi connectivity index (χ1n) is 13.4. The number of carbonyl (C=O) groups excluding carboxylic acids is 1. The van der Waals surface area contributed by atoms with E-state index >= 15 is 0 Å². The number of aromatic nitrogens is 4. The molecule has 2 aromatic carbocycles. The molecule has 1 fully saturated rings. The Labute approximate surface area is 228 Å². The zero-order chi connectivity index (χ0) is 27.2. The topological polar surface area (TPSA) is 73.5 Å². The highest BCUT2D eigenvalue weighted by atomic mass is 16.6. The third-order valence-electron chi connectivity index (χ3n) is 7.44. The number of aryl methyl sites for hydroxylation is 1. The number of imidazole rings is 2. The second-order valence-electron chi connectivity index (χ2n) is 11.4. The number of nitrogens with one attached hydrogen (secondary N) is 1. The summed E-state index contributed by atoms with van der Waals surface area (Å²) in [6.07, 6.45) is 8.31. The molecule has 1 amide bonds. The highest BCUT2D eigenvalue weighted by molar-refractivity contribution is 5.83. The largest absolute Gasteiger partial charge is 0.444 e. The fourth-order valence-corrected chi connectivity index (χ4v) is 5.37. The van der Waals surface area contributed by atoms with Crippen molar-refractivity contribution in [2.75, 3.05) is 0 Å². The molecule has 3 aromatic heterocycles. The molecule has 1 aliphatic rings. The lowest BCUT2D eigenvalue weighted by Crippen LogP contribution is -2.52. The summed E-state index contributed by atoms with van der Waals surface area (Å²) in [7, 11) is 2.00. The molecule has 6 rings (SSSR count). The lowest BCUT2D eigenvalue weighted by Gasteiger charge is -2.43. The van der Waals surface area contributed by atoms with Crippen molar-refractivity contribution in [1.82, 2.24) is 24.3 Å². The number of alkyl carbamates (subject to hydrolysis) is 1. The van der Waals surface area contributed by atoms with Gasteiger partial charge >= 0.3 is 6.09 Å². The summed E-state index contributed by atoms with van der Waals surface area (Å²) in [6, 6.07) is 23.0. The van der Waals surface area contributed by atoms with Gasteiger partial charge in [0.15, 0.2) is 0 Å². The fourth-order valence-electron chi connectivity index (χ4n) is 5.37. The molecule has 0 spiro atoms. The number of pyridine rings is 1. The number of amides is 1. The van der Waals surface area contributed by atoms with Crippen LogP contribution in [0, 0.1) is 0 Å². The van der Waals surface area contributed by atoms with Crippen LogP contribution in [0.25, 0.3) is 39.4 Å². The van der Waals surface area contributed by atoms with Gasteiger partial charge in [-0.3, -0.25) is 4.40 Å². The van der Waals surface area contributed by atoms with E-state index < -0.39 is 5.60 Å². The molecule has 1 saturated carbocycles. The van der Waals surface area contributed by atoms with Crippen LogP contribution in [0.15, 0.2) is 85.5 Å². The van der Waals surface area contributed by atoms with Crippen LogP contribution in [0.5, 0.6) is 0 Å². The van der Waals surface area contributed by atoms with Crippen molar-refractivity contribution in [2.45, 2.75) is 51.2 Å². The summed E-state index contributed by atoms with van der Waals surface area (Å²) in [5.41, 5.74) is 7.21. The molecule has 7 heteroatoms. The molecule has 0 unspecified atom stereocenters. The van der Waals surface area contributed by atoms with Gasteiger partial charge in [0.05, 0.1) is 35.1 Å². The van der Waals surface area contributed by atoms with E-state index in [2.05, 4.69) is 81.6 Å². The van der Waals surface area contributed by atoms with Crippen molar-refractivity contribution in [1.29, 1.82) is 0 Å². The van der Waals surface area contributed by atoms with E-state index in [4.69, 9.17) is 9.72 Å². The summed E-state index contributed by atoms with van der Waals surface area (Å²) in [4.78, 5) is 22.0. The van der Waals surface area contributed by atoms with Crippen LogP contribution in [-0.2, 0) is 17.3 Å². The first-order chi connectivity index (χ1) is 18.7. The Bertz CT molecular complexity index is 1640. The smallest absolute Gasteiger partial charge is 0.408 e. The Balaban J connectivity index is 1.40. The third-order valence-corrected chi connectivity index (χ3v) is 7.44. The van der Waals surface area contributed by atoms with Gasteiger partial charge in [0.25, 0.3) is 0 Å². The summed E-state index contributed by atoms with van der Waals surface area (Å²) < 4.78 is 9.74. The van der Waals surface area contributed by atoms with Crippen LogP contribution < -0.4 is 5.32 Å². The Kier molecular flexibility index (Phi) is 6.02. The number of fused-ring (bicyclic) bond motifs is 1. The van der Waals surface area contributed by atoms with Gasteiger partial charge in [-0.05, 0) is 57.7 Å². The molecule has 198 valence electrons. The van der Waals surface area contributed by atoms with Gasteiger partial charge in [-0.25, -0.2) is 14.8 Å². The van der Waals surface area contributed by atoms with Crippen molar-refractivity contribution in [3.8, 4) is 33.8 Å². The third kappa shape index (κ3) is 4.69. The van der Waals surface area contributed by atoms with E-state index in [1.165, 1.54) is 0 Å². The minimum absolute atomic E-state index is 0.373. The van der Waals surface area contributed by atoms with Gasteiger partial charge in [-0.15, -0.1) is 0 Å². The van der Waals surface area contributed by atoms with Crippen molar-refractivity contribution in [2.24, 2.45) is 7.05 Å². The molecule has 1 N–H and O–H groups in total. The Hall–Kier alpha value is -4.39. The van der Waals surface area contributed by atoms with E-state index in [0.717, 1.165) is 64.2 Å². The summed E-state index contributed by atoms with van der Waals surface area (Å²) >= 11 is 0. The van der Waals surface area contributed by atoms with E-state index in [0.29, 0.717) is 0 Å². The highest BCUT2D eigenvalue weighted by Crippen LogP contribution is 2.42. The van der Waals surface area contributed by atoms with E-state index in [1.807, 2.05) is 51.0 Å². The van der Waals surface area contributed by atoms with Crippen LogP contribution >= 0.6 is 0 Å². The average Bonchev–Trinajstić information content (AvgIpc) is 3.49. The first-order valence-corrected chi connectivity index (χ1v) is 13.4. The Morgan fingerprint density at radius 3 is 2.28 bits per heavy atom. The molecule has 0 aliphatic heterocycles. The second-order valence-corrected chi connectivity index (χ2v) is 11.4. The van der Waals surface area contributed by atoms with E-state index in [1.54, 1.807) is 0 Å². The quantitative estimate of drug-likeness (QED) is 0.272. The molecule has 1 aliphatic carbocycles. The maximum atomic E-state index is 12.6. The zero-order valence-electron chi connectivity index (χ0n) is 22.8. The van der Waals surface area contributed by atoms with Gasteiger partial charge in [0.1, 0.15) is 11.2 Å². The van der Waals surface area contributed by atoms with E-state index in [-0.39, 0.29) is 11.6 Å². The maximum Gasteiger partial charge on any atom is 0.408 e. The van der Waals surface area contributed by atoms with Crippen molar-refractivity contribution in [3.63, 3.8) is 0 Å². The van der Waals surface area contributed by atoms with Crippen molar-refractivity contribution < 1.29 is 9.53 Å². The second kappa shape index (κ2) is 9.42. The van der Waals surface area contributed by atoms with Gasteiger partial charge in [0, 0.05) is 29.9 Å². The van der Waals surface area contributed by atoms with Gasteiger partial charge < -0.3 is 14.6 Å². The number of benzene rings is 2. The number of carbonyl (C=O) groups is 1. The van der Waals surface area contributed by atoms with Crippen molar-refractivity contribution >= 4 is 11.7 Å². The molecule has 5 aromatic rings. The molecule has 39 heavy (non-hydrogen) atoms. The molecule has 3 heterocycles. The SMILES string of the molecule is Cn1cncc1-c1ccc2nc(-c3ccc(C4(NC(=O)OC(C)(C)C)CCC4)cc3)c(-c3ccccc3)n2c1. The van der Waals surface area contributed by atoms with Crippen LogP contribution in [0.4, 0.5) is 4.79 Å². The molecule has 0 saturated heterocycles. The summed E-state index contributed by atoms with van der Waals surface area (Å²) in [5.74, 6) is 0. The molecular formula is C32H33N5O2. The number of rotatable bonds is 5. The lowest BCUT2D eigenvalue weighted by molar-refractivity contribution is 0.0377. The zero-order valence-corrected chi connectivity index (χ0v) is 22.8. The number of hydrogen-bond acceptors (Lipinski definition) is 4. The minimum Gasteiger partial charge on any atom is -0.444 e. The molecule has 7 nitrogen and oxygen atoms in total. The summed E-state index contributed by atoms with van der Waals surface area (Å²) in [6.45, 7) is 5.65. The van der Waals surface area contributed by atoms with Crippen LogP contribution in [0.2, 0.25) is 0 Å². The fraction of sp³-hybridized carbons (Fsp3) is 0.281. The van der Waals surface area contributed by atoms with E-state index in [9.17, 15) is 4.79 Å². The average molecular weight is 520 g/mol. The summed E-state index contributed by atoms with van der Waals surface area (Å²) in [5, 5.41) is 3.16. The van der Waals surface area contributed by atoms with Crippen molar-refractivity contribution in [3.05, 3.63) is 91.0 Å². The maximum absolute atomic E-state index is 12.6. The highest BCUT2D eigenvalue weighted by Gasteiger charge is 2.41. The Morgan fingerprint density at radius 1 is 0.949 bits per heavy atom. The van der Waals surface area contributed by atoms with Gasteiger partial charge in [-0.2, -0.15) is 0 Å². The number of hydrogen-bond donors (Lipinski definition) is 1. The number of nitrogens with zero attached hydrogens (tertiary/aromatic N) is 4. The van der Waals surface area contributed by atoms with Crippen LogP contribution in [0.3, 0.4) is 0 Å². The van der Waals surface area contributed by atoms with Gasteiger partial charge in [-0.1, -0.05) is 54.6 Å². The van der Waals surface area contributed by atoms with Crippen LogP contribution in [-0.4, -0.2) is 30.6 Å². The number of ether oxygens (including phenoxy) is 1. The van der Waals surface area contributed by atoms with Gasteiger partial charge in [0.2, 0.25) is 0 Å². The Morgan fingerprint density at radius 2 is 1.67 bits per heavy atom. The minimum atomic E-state index is -0.535. The lowest BCUT2D eigenvalue weighted by atomic mass is 9.71.